The summed E-state index contributed by atoms with van der Waals surface area (Å²) in [5, 5.41) is 27.0. The van der Waals surface area contributed by atoms with Crippen LogP contribution in [0.5, 0.6) is 0 Å². The van der Waals surface area contributed by atoms with Gasteiger partial charge in [0.1, 0.15) is 5.69 Å². The first-order valence-corrected chi connectivity index (χ1v) is 26.5. The lowest BCUT2D eigenvalue weighted by molar-refractivity contribution is 0.0691. The summed E-state index contributed by atoms with van der Waals surface area (Å²) in [6.07, 6.45) is 2.79. The second kappa shape index (κ2) is 24.3. The number of nitrogen functional groups attached to an aromatic ring is 3. The number of carboxylic acids is 1. The molecule has 9 N–H and O–H groups in total. The van der Waals surface area contributed by atoms with Crippen molar-refractivity contribution in [2.24, 2.45) is 0 Å². The topological polar surface area (TPSA) is 364 Å². The number of carbonyl (C=O) groups is 2. The van der Waals surface area contributed by atoms with Gasteiger partial charge in [-0.1, -0.05) is 60.7 Å². The second-order valence-electron chi connectivity index (χ2n) is 14.2. The van der Waals surface area contributed by atoms with Crippen molar-refractivity contribution >= 4 is 63.9 Å². The standard InChI is InChI=1S/C22H24N3O7PS.C12H11N3O3.C9H14NO5PS/c1-31-33(28,32-2)14-34(29,30)18-9-5-15(6-10-18)11-20(27)21-22(23)24-12-19(25-21)17-7-3-16(13-26)4-8-17;13-11-10(12(17)18)15-9(5-14-11)8-3-1-7(6-16)2-4-8;1-14-16(11,15-2)7-17(12,13)9-5-3-8(10)4-6-9/h3-10,12,26H,11,13-14H2,1-2H3,(H2,23,24);1-5,16H,6H2,(H2,13,14)(H,17,18);3-6H,7,10H2,1-2H3. The number of carboxylic acid groups (broad SMARTS) is 1. The van der Waals surface area contributed by atoms with Crippen molar-refractivity contribution in [3.63, 3.8) is 0 Å². The molecule has 4 aromatic carbocycles. The number of Topliss-reactive ketones (excluding diaryl/α,β-unsaturated/α-hetero) is 1. The van der Waals surface area contributed by atoms with Gasteiger partial charge in [0.05, 0.1) is 46.8 Å². The number of rotatable bonds is 18. The highest BCUT2D eigenvalue weighted by atomic mass is 32.2. The first kappa shape index (κ1) is 55.3. The van der Waals surface area contributed by atoms with E-state index in [0.29, 0.717) is 33.8 Å². The molecule has 0 aliphatic carbocycles. The summed E-state index contributed by atoms with van der Waals surface area (Å²) in [5.41, 5.74) is 19.8. The summed E-state index contributed by atoms with van der Waals surface area (Å²) >= 11 is 0. The molecule has 0 saturated carbocycles. The third-order valence-electron chi connectivity index (χ3n) is 9.59. The summed E-state index contributed by atoms with van der Waals surface area (Å²) in [4.78, 5) is 39.9. The highest BCUT2D eigenvalue weighted by Gasteiger charge is 2.32. The van der Waals surface area contributed by atoms with Gasteiger partial charge in [-0.25, -0.2) is 41.6 Å². The van der Waals surface area contributed by atoms with Crippen LogP contribution in [0.25, 0.3) is 22.5 Å². The van der Waals surface area contributed by atoms with E-state index in [1.165, 1.54) is 60.9 Å². The average molecular weight is 1030 g/mol. The van der Waals surface area contributed by atoms with Gasteiger partial charge in [0.25, 0.3) is 0 Å². The Kier molecular flexibility index (Phi) is 19.5. The van der Waals surface area contributed by atoms with Crippen molar-refractivity contribution in [3.8, 4) is 22.5 Å². The van der Waals surface area contributed by atoms with Crippen LogP contribution in [-0.2, 0) is 66.5 Å². The summed E-state index contributed by atoms with van der Waals surface area (Å²) in [6.45, 7) is -0.135. The Bertz CT molecular complexity index is 3040. The second-order valence-corrected chi connectivity index (χ2v) is 23.6. The van der Waals surface area contributed by atoms with Crippen LogP contribution < -0.4 is 17.2 Å². The van der Waals surface area contributed by atoms with E-state index < -0.39 is 57.6 Å². The van der Waals surface area contributed by atoms with E-state index >= 15 is 0 Å². The molecule has 26 heteroatoms. The molecule has 6 rings (SSSR count). The fourth-order valence-corrected chi connectivity index (χ4v) is 13.3. The number of anilines is 3. The van der Waals surface area contributed by atoms with E-state index in [-0.39, 0.29) is 52.4 Å². The van der Waals surface area contributed by atoms with Gasteiger partial charge in [-0.05, 0) is 53.1 Å². The molecule has 22 nitrogen and oxygen atoms in total. The Morgan fingerprint density at radius 2 is 0.899 bits per heavy atom. The molecule has 0 saturated heterocycles. The lowest BCUT2D eigenvalue weighted by atomic mass is 10.1. The van der Waals surface area contributed by atoms with Crippen molar-refractivity contribution in [1.29, 1.82) is 0 Å². The van der Waals surface area contributed by atoms with E-state index in [0.717, 1.165) is 39.6 Å². The minimum absolute atomic E-state index is 0.00144. The zero-order valence-corrected chi connectivity index (χ0v) is 40.8. The van der Waals surface area contributed by atoms with Crippen LogP contribution >= 0.6 is 15.2 Å². The number of aromatic carboxylic acids is 1. The molecule has 0 unspecified atom stereocenters. The summed E-state index contributed by atoms with van der Waals surface area (Å²) in [6, 6.07) is 25.1. The number of ketones is 1. The van der Waals surface area contributed by atoms with Gasteiger partial charge in [-0.15, -0.1) is 0 Å². The first-order chi connectivity index (χ1) is 32.5. The molecule has 368 valence electrons. The molecular weight excluding hydrogens is 981 g/mol. The Morgan fingerprint density at radius 3 is 1.26 bits per heavy atom. The molecule has 69 heavy (non-hydrogen) atoms. The number of carbonyl (C=O) groups excluding carboxylic acids is 1. The Morgan fingerprint density at radius 1 is 0.551 bits per heavy atom. The molecule has 0 amide bonds. The molecule has 6 aromatic rings. The van der Waals surface area contributed by atoms with Gasteiger partial charge in [-0.2, -0.15) is 0 Å². The predicted octanol–water partition coefficient (Wildman–Crippen LogP) is 5.26. The zero-order chi connectivity index (χ0) is 51.2. The van der Waals surface area contributed by atoms with E-state index in [2.05, 4.69) is 29.0 Å². The maximum absolute atomic E-state index is 12.9. The monoisotopic (exact) mass is 1030 g/mol. The Hall–Kier alpha value is -6.30. The Labute approximate surface area is 397 Å². The number of sulfone groups is 2. The maximum atomic E-state index is 12.9. The molecule has 0 aliphatic heterocycles. The zero-order valence-electron chi connectivity index (χ0n) is 37.4. The lowest BCUT2D eigenvalue weighted by Gasteiger charge is -2.14. The minimum atomic E-state index is -3.94. The summed E-state index contributed by atoms with van der Waals surface area (Å²) < 4.78 is 91.4. The number of nitrogens with zero attached hydrogens (tertiary/aromatic N) is 4. The SMILES string of the molecule is COP(=O)(CS(=O)(=O)c1ccc(CC(=O)c2nc(-c3ccc(CO)cc3)cnc2N)cc1)OC.COP(=O)(CS(=O)(=O)c1ccc(N)cc1)OC.Nc1ncc(-c2ccc(CO)cc2)nc1C(=O)O. The minimum Gasteiger partial charge on any atom is -0.476 e. The number of aromatic nitrogens is 4. The third-order valence-corrected chi connectivity index (χ3v) is 19.0. The van der Waals surface area contributed by atoms with E-state index in [9.17, 15) is 40.7 Å². The van der Waals surface area contributed by atoms with Crippen molar-refractivity contribution in [3.05, 3.63) is 138 Å². The average Bonchev–Trinajstić information content (AvgIpc) is 3.34. The largest absolute Gasteiger partial charge is 0.476 e. The molecule has 0 radical (unpaired) electrons. The molecule has 2 heterocycles. The van der Waals surface area contributed by atoms with Crippen molar-refractivity contribution in [2.45, 2.75) is 29.4 Å². The molecule has 0 spiro atoms. The van der Waals surface area contributed by atoms with Crippen LogP contribution in [0.15, 0.2) is 119 Å². The number of hydrogen-bond acceptors (Lipinski definition) is 21. The third kappa shape index (κ3) is 15.3. The van der Waals surface area contributed by atoms with Gasteiger partial charge in [0, 0.05) is 51.7 Å². The first-order valence-electron chi connectivity index (χ1n) is 19.8. The maximum Gasteiger partial charge on any atom is 0.358 e. The fraction of sp³-hybridized carbons (Fsp3) is 0.209. The van der Waals surface area contributed by atoms with Gasteiger partial charge < -0.3 is 50.6 Å². The summed E-state index contributed by atoms with van der Waals surface area (Å²) in [5.74, 6) is -1.74. The number of aliphatic hydroxyl groups excluding tert-OH is 2. The Balaban J connectivity index is 0.000000249. The number of aliphatic hydroxyl groups is 2. The highest BCUT2D eigenvalue weighted by molar-refractivity contribution is 7.98. The van der Waals surface area contributed by atoms with Crippen molar-refractivity contribution in [2.75, 3.05) is 56.6 Å². The smallest absolute Gasteiger partial charge is 0.358 e. The number of benzene rings is 4. The molecule has 2 aromatic heterocycles. The molecule has 0 aliphatic rings. The summed E-state index contributed by atoms with van der Waals surface area (Å²) in [7, 11) is -10.5. The molecular formula is C43H49N7O15P2S2. The fourth-order valence-electron chi connectivity index (χ4n) is 5.68. The van der Waals surface area contributed by atoms with Crippen LogP contribution in [0.1, 0.15) is 37.7 Å². The number of nitrogens with two attached hydrogens (primary N) is 3. The van der Waals surface area contributed by atoms with Crippen LogP contribution in [0.3, 0.4) is 0 Å². The van der Waals surface area contributed by atoms with E-state index in [1.54, 1.807) is 48.5 Å². The van der Waals surface area contributed by atoms with Crippen molar-refractivity contribution in [1.82, 2.24) is 19.9 Å². The van der Waals surface area contributed by atoms with Crippen LogP contribution in [0, 0.1) is 0 Å². The quantitative estimate of drug-likeness (QED) is 0.0363. The van der Waals surface area contributed by atoms with Crippen LogP contribution in [0.4, 0.5) is 17.3 Å². The number of hydrogen-bond donors (Lipinski definition) is 6. The highest BCUT2D eigenvalue weighted by Crippen LogP contribution is 2.49. The molecule has 0 fully saturated rings. The molecule has 0 atom stereocenters. The normalized spacial score (nSPS) is 11.7. The predicted molar refractivity (Wildman–Crippen MR) is 255 cm³/mol. The van der Waals surface area contributed by atoms with Crippen LogP contribution in [0.2, 0.25) is 0 Å². The molecule has 0 bridgehead atoms. The van der Waals surface area contributed by atoms with E-state index in [1.807, 2.05) is 0 Å². The van der Waals surface area contributed by atoms with Gasteiger partial charge in [-0.3, -0.25) is 13.9 Å². The van der Waals surface area contributed by atoms with E-state index in [4.69, 9.17) is 36.5 Å². The van der Waals surface area contributed by atoms with Gasteiger partial charge in [0.15, 0.2) is 53.8 Å². The lowest BCUT2D eigenvalue weighted by Crippen LogP contribution is -2.12. The van der Waals surface area contributed by atoms with Gasteiger partial charge in [0.2, 0.25) is 0 Å². The van der Waals surface area contributed by atoms with Crippen LogP contribution in [-0.4, -0.2) is 103 Å². The van der Waals surface area contributed by atoms with Gasteiger partial charge >= 0.3 is 21.2 Å². The van der Waals surface area contributed by atoms with Crippen molar-refractivity contribution < 1.29 is 69.0 Å².